The fourth-order valence-corrected chi connectivity index (χ4v) is 2.89. The van der Waals surface area contributed by atoms with E-state index < -0.39 is 5.60 Å². The molecular weight excluding hydrogens is 212 g/mol. The first-order chi connectivity index (χ1) is 6.92. The Morgan fingerprint density at radius 3 is 2.67 bits per heavy atom. The van der Waals surface area contributed by atoms with Gasteiger partial charge >= 0.3 is 5.97 Å². The molecule has 0 amide bonds. The van der Waals surface area contributed by atoms with Crippen LogP contribution < -0.4 is 0 Å². The van der Waals surface area contributed by atoms with Gasteiger partial charge in [0.05, 0.1) is 0 Å². The van der Waals surface area contributed by atoms with Crippen molar-refractivity contribution < 1.29 is 14.3 Å². The van der Waals surface area contributed by atoms with Crippen molar-refractivity contribution in [1.29, 1.82) is 0 Å². The van der Waals surface area contributed by atoms with Crippen molar-refractivity contribution >= 4 is 24.0 Å². The summed E-state index contributed by atoms with van der Waals surface area (Å²) < 4.78 is 5.30. The standard InChI is InChI=1S/C11H18O3S/c1-11(2,3)14-10(13)9-5-4-8(15-9)6-7-12/h7-9H,4-6H2,1-3H3/t8-,9-/m0/s1. The lowest BCUT2D eigenvalue weighted by molar-refractivity contribution is -0.154. The molecule has 1 aliphatic heterocycles. The Hall–Kier alpha value is -0.510. The molecule has 0 spiro atoms. The van der Waals surface area contributed by atoms with Crippen molar-refractivity contribution in [3.63, 3.8) is 0 Å². The molecule has 1 rings (SSSR count). The zero-order valence-corrected chi connectivity index (χ0v) is 10.3. The second-order valence-electron chi connectivity index (χ2n) is 4.76. The molecule has 4 heteroatoms. The minimum absolute atomic E-state index is 0.0748. The predicted octanol–water partition coefficient (Wildman–Crippen LogP) is 2.18. The topological polar surface area (TPSA) is 43.4 Å². The van der Waals surface area contributed by atoms with Crippen molar-refractivity contribution in [2.24, 2.45) is 0 Å². The third kappa shape index (κ3) is 4.24. The van der Waals surface area contributed by atoms with Gasteiger partial charge in [-0.05, 0) is 33.6 Å². The SMILES string of the molecule is CC(C)(C)OC(=O)[C@@H]1CC[C@@H](CC=O)S1. The van der Waals surface area contributed by atoms with E-state index in [0.717, 1.165) is 19.1 Å². The Morgan fingerprint density at radius 2 is 2.13 bits per heavy atom. The van der Waals surface area contributed by atoms with Crippen LogP contribution in [0.5, 0.6) is 0 Å². The number of aldehydes is 1. The second kappa shape index (κ2) is 5.01. The van der Waals surface area contributed by atoms with Gasteiger partial charge in [0.2, 0.25) is 0 Å². The van der Waals surface area contributed by atoms with Gasteiger partial charge in [-0.15, -0.1) is 11.8 Å². The van der Waals surface area contributed by atoms with Gasteiger partial charge in [-0.25, -0.2) is 0 Å². The Bertz CT molecular complexity index is 245. The van der Waals surface area contributed by atoms with Crippen molar-refractivity contribution in [3.05, 3.63) is 0 Å². The molecule has 2 atom stereocenters. The molecule has 0 aliphatic carbocycles. The van der Waals surface area contributed by atoms with Gasteiger partial charge < -0.3 is 9.53 Å². The molecule has 0 unspecified atom stereocenters. The molecule has 0 aromatic heterocycles. The van der Waals surface area contributed by atoms with Crippen molar-refractivity contribution in [2.45, 2.75) is 56.1 Å². The number of thioether (sulfide) groups is 1. The highest BCUT2D eigenvalue weighted by Gasteiger charge is 2.33. The molecule has 0 bridgehead atoms. The van der Waals surface area contributed by atoms with Crippen LogP contribution >= 0.6 is 11.8 Å². The van der Waals surface area contributed by atoms with Gasteiger partial charge in [-0.1, -0.05) is 0 Å². The lowest BCUT2D eigenvalue weighted by Gasteiger charge is -2.21. The minimum atomic E-state index is -0.416. The molecular formula is C11H18O3S. The Kier molecular flexibility index (Phi) is 4.20. The highest BCUT2D eigenvalue weighted by Crippen LogP contribution is 2.36. The number of hydrogen-bond acceptors (Lipinski definition) is 4. The molecule has 0 N–H and O–H groups in total. The highest BCUT2D eigenvalue weighted by atomic mass is 32.2. The Balaban J connectivity index is 2.40. The molecule has 1 fully saturated rings. The maximum absolute atomic E-state index is 11.7. The van der Waals surface area contributed by atoms with Crippen LogP contribution in [0.25, 0.3) is 0 Å². The lowest BCUT2D eigenvalue weighted by Crippen LogP contribution is -2.29. The fourth-order valence-electron chi connectivity index (χ4n) is 1.53. The summed E-state index contributed by atoms with van der Waals surface area (Å²) in [6, 6.07) is 0. The van der Waals surface area contributed by atoms with E-state index in [9.17, 15) is 9.59 Å². The highest BCUT2D eigenvalue weighted by molar-refractivity contribution is 8.01. The summed E-state index contributed by atoms with van der Waals surface area (Å²) in [6.45, 7) is 5.61. The molecule has 3 nitrogen and oxygen atoms in total. The van der Waals surface area contributed by atoms with Crippen LogP contribution in [0.15, 0.2) is 0 Å². The third-order valence-corrected chi connectivity index (χ3v) is 3.71. The minimum Gasteiger partial charge on any atom is -0.459 e. The summed E-state index contributed by atoms with van der Waals surface area (Å²) in [6.07, 6.45) is 3.24. The molecule has 1 aliphatic rings. The molecule has 0 aromatic carbocycles. The molecule has 86 valence electrons. The number of hydrogen-bond donors (Lipinski definition) is 0. The predicted molar refractivity (Wildman–Crippen MR) is 60.9 cm³/mol. The molecule has 0 saturated carbocycles. The number of rotatable bonds is 3. The van der Waals surface area contributed by atoms with E-state index in [1.807, 2.05) is 20.8 Å². The summed E-state index contributed by atoms with van der Waals surface area (Å²) in [7, 11) is 0. The van der Waals surface area contributed by atoms with E-state index in [1.54, 1.807) is 11.8 Å². The van der Waals surface area contributed by atoms with Crippen LogP contribution in [0.4, 0.5) is 0 Å². The van der Waals surface area contributed by atoms with Crippen LogP contribution in [0.2, 0.25) is 0 Å². The first kappa shape index (κ1) is 12.6. The van der Waals surface area contributed by atoms with Gasteiger partial charge in [0, 0.05) is 11.7 Å². The fraction of sp³-hybridized carbons (Fsp3) is 0.818. The number of carbonyl (C=O) groups excluding carboxylic acids is 2. The van der Waals surface area contributed by atoms with E-state index in [4.69, 9.17) is 4.74 Å². The van der Waals surface area contributed by atoms with Crippen molar-refractivity contribution in [3.8, 4) is 0 Å². The second-order valence-corrected chi connectivity index (χ2v) is 6.27. The van der Waals surface area contributed by atoms with Gasteiger partial charge in [0.15, 0.2) is 0 Å². The van der Waals surface area contributed by atoms with E-state index in [0.29, 0.717) is 11.7 Å². The van der Waals surface area contributed by atoms with Crippen LogP contribution in [0.1, 0.15) is 40.0 Å². The van der Waals surface area contributed by atoms with E-state index in [-0.39, 0.29) is 11.2 Å². The smallest absolute Gasteiger partial charge is 0.319 e. The lowest BCUT2D eigenvalue weighted by atomic mass is 10.1. The van der Waals surface area contributed by atoms with Crippen LogP contribution in [-0.2, 0) is 14.3 Å². The Morgan fingerprint density at radius 1 is 1.47 bits per heavy atom. The average Bonchev–Trinajstić information content (AvgIpc) is 2.50. The monoisotopic (exact) mass is 230 g/mol. The summed E-state index contributed by atoms with van der Waals surface area (Å²) in [5.41, 5.74) is -0.416. The first-order valence-corrected chi connectivity index (χ1v) is 6.18. The largest absolute Gasteiger partial charge is 0.459 e. The first-order valence-electron chi connectivity index (χ1n) is 5.24. The molecule has 0 aromatic rings. The van der Waals surface area contributed by atoms with Crippen molar-refractivity contribution in [2.75, 3.05) is 0 Å². The summed E-state index contributed by atoms with van der Waals surface area (Å²) in [5.74, 6) is -0.138. The summed E-state index contributed by atoms with van der Waals surface area (Å²) in [4.78, 5) is 22.0. The summed E-state index contributed by atoms with van der Waals surface area (Å²) in [5, 5.41) is 0.231. The van der Waals surface area contributed by atoms with Crippen LogP contribution in [0.3, 0.4) is 0 Å². The van der Waals surface area contributed by atoms with Gasteiger partial charge in [-0.3, -0.25) is 4.79 Å². The number of ether oxygens (including phenoxy) is 1. The Labute approximate surface area is 94.9 Å². The zero-order chi connectivity index (χ0) is 11.5. The molecule has 0 radical (unpaired) electrons. The maximum atomic E-state index is 11.7. The number of carbonyl (C=O) groups is 2. The molecule has 15 heavy (non-hydrogen) atoms. The van der Waals surface area contributed by atoms with Crippen LogP contribution in [0, 0.1) is 0 Å². The third-order valence-electron chi connectivity index (χ3n) is 2.14. The molecule has 1 saturated heterocycles. The number of esters is 1. The van der Waals surface area contributed by atoms with Gasteiger partial charge in [0.25, 0.3) is 0 Å². The molecule has 1 heterocycles. The van der Waals surface area contributed by atoms with Crippen LogP contribution in [-0.4, -0.2) is 28.4 Å². The zero-order valence-electron chi connectivity index (χ0n) is 9.49. The summed E-state index contributed by atoms with van der Waals surface area (Å²) >= 11 is 1.58. The van der Waals surface area contributed by atoms with Crippen molar-refractivity contribution in [1.82, 2.24) is 0 Å². The van der Waals surface area contributed by atoms with E-state index in [1.165, 1.54) is 0 Å². The van der Waals surface area contributed by atoms with E-state index >= 15 is 0 Å². The van der Waals surface area contributed by atoms with E-state index in [2.05, 4.69) is 0 Å². The van der Waals surface area contributed by atoms with Gasteiger partial charge in [-0.2, -0.15) is 0 Å². The normalized spacial score (nSPS) is 26.3. The maximum Gasteiger partial charge on any atom is 0.319 e. The van der Waals surface area contributed by atoms with Gasteiger partial charge in [0.1, 0.15) is 17.1 Å². The quantitative estimate of drug-likeness (QED) is 0.550. The average molecular weight is 230 g/mol.